The van der Waals surface area contributed by atoms with Gasteiger partial charge < -0.3 is 5.32 Å². The van der Waals surface area contributed by atoms with Crippen molar-refractivity contribution in [2.75, 3.05) is 6.54 Å². The Hall–Kier alpha value is -1.64. The van der Waals surface area contributed by atoms with Gasteiger partial charge in [0.2, 0.25) is 11.9 Å². The Kier molecular flexibility index (Phi) is 2.24. The first-order valence-electron chi connectivity index (χ1n) is 3.45. The van der Waals surface area contributed by atoms with Crippen LogP contribution in [0.1, 0.15) is 6.42 Å². The maximum absolute atomic E-state index is 10.9. The Balaban J connectivity index is 2.29. The molecule has 6 nitrogen and oxygen atoms in total. The lowest BCUT2D eigenvalue weighted by Crippen LogP contribution is -2.27. The van der Waals surface area contributed by atoms with E-state index in [-0.39, 0.29) is 6.54 Å². The predicted octanol–water partition coefficient (Wildman–Crippen LogP) is -0.709. The Morgan fingerprint density at radius 3 is 2.92 bits per heavy atom. The second-order valence-corrected chi connectivity index (χ2v) is 2.57. The number of rotatable bonds is 3. The maximum atomic E-state index is 10.9. The van der Waals surface area contributed by atoms with Crippen LogP contribution in [0.4, 0.5) is 0 Å². The highest BCUT2D eigenvalue weighted by Gasteiger charge is 2.53. The lowest BCUT2D eigenvalue weighted by atomic mass is 10.4. The van der Waals surface area contributed by atoms with E-state index in [0.29, 0.717) is 6.42 Å². The van der Waals surface area contributed by atoms with Crippen LogP contribution in [0, 0.1) is 27.4 Å². The van der Waals surface area contributed by atoms with E-state index in [1.54, 1.807) is 6.07 Å². The summed E-state index contributed by atoms with van der Waals surface area (Å²) in [7, 11) is 0. The molecule has 0 radical (unpaired) electrons. The van der Waals surface area contributed by atoms with Crippen molar-refractivity contribution in [2.45, 2.75) is 12.5 Å². The van der Waals surface area contributed by atoms with E-state index in [1.807, 2.05) is 0 Å². The summed E-state index contributed by atoms with van der Waals surface area (Å²) >= 11 is 0. The molecule has 1 N–H and O–H groups in total. The van der Waals surface area contributed by atoms with Gasteiger partial charge in [0.05, 0.1) is 6.07 Å². The SMILES string of the molecule is N#CCNC(=O)C1CC1[N+](=O)[O-]. The van der Waals surface area contributed by atoms with Crippen LogP contribution in [0.3, 0.4) is 0 Å². The molecule has 1 aliphatic carbocycles. The van der Waals surface area contributed by atoms with E-state index in [4.69, 9.17) is 5.26 Å². The summed E-state index contributed by atoms with van der Waals surface area (Å²) in [5, 5.41) is 20.5. The fourth-order valence-corrected chi connectivity index (χ4v) is 0.954. The Labute approximate surface area is 68.3 Å². The van der Waals surface area contributed by atoms with Gasteiger partial charge in [0.25, 0.3) is 0 Å². The van der Waals surface area contributed by atoms with Gasteiger partial charge in [-0.1, -0.05) is 0 Å². The number of hydrogen-bond acceptors (Lipinski definition) is 4. The number of nitriles is 1. The van der Waals surface area contributed by atoms with Gasteiger partial charge in [-0.3, -0.25) is 14.9 Å². The normalized spacial score (nSPS) is 25.6. The van der Waals surface area contributed by atoms with E-state index >= 15 is 0 Å². The van der Waals surface area contributed by atoms with Gasteiger partial charge in [0, 0.05) is 11.3 Å². The zero-order valence-electron chi connectivity index (χ0n) is 6.19. The standard InChI is InChI=1S/C6H7N3O3/c7-1-2-8-6(10)4-3-5(4)9(11)12/h4-5H,2-3H2,(H,8,10). The van der Waals surface area contributed by atoms with Crippen LogP contribution in [-0.2, 0) is 4.79 Å². The van der Waals surface area contributed by atoms with Crippen molar-refractivity contribution >= 4 is 5.91 Å². The van der Waals surface area contributed by atoms with Crippen molar-refractivity contribution in [3.8, 4) is 6.07 Å². The smallest absolute Gasteiger partial charge is 0.231 e. The Bertz CT molecular complexity index is 257. The molecule has 64 valence electrons. The van der Waals surface area contributed by atoms with Crippen LogP contribution in [0.5, 0.6) is 0 Å². The predicted molar refractivity (Wildman–Crippen MR) is 37.5 cm³/mol. The fraction of sp³-hybridized carbons (Fsp3) is 0.667. The Morgan fingerprint density at radius 2 is 2.50 bits per heavy atom. The topological polar surface area (TPSA) is 96.0 Å². The van der Waals surface area contributed by atoms with Crippen molar-refractivity contribution in [1.82, 2.24) is 5.32 Å². The number of amides is 1. The van der Waals surface area contributed by atoms with Gasteiger partial charge >= 0.3 is 0 Å². The molecule has 0 heterocycles. The molecule has 0 aliphatic heterocycles. The molecule has 0 aromatic carbocycles. The number of nitrogens with one attached hydrogen (secondary N) is 1. The second kappa shape index (κ2) is 3.17. The maximum Gasteiger partial charge on any atom is 0.231 e. The van der Waals surface area contributed by atoms with Gasteiger partial charge in [-0.05, 0) is 0 Å². The van der Waals surface area contributed by atoms with Crippen LogP contribution in [0.2, 0.25) is 0 Å². The van der Waals surface area contributed by atoms with E-state index in [9.17, 15) is 14.9 Å². The van der Waals surface area contributed by atoms with Crippen molar-refractivity contribution in [2.24, 2.45) is 5.92 Å². The van der Waals surface area contributed by atoms with Gasteiger partial charge in [-0.25, -0.2) is 0 Å². The van der Waals surface area contributed by atoms with E-state index in [2.05, 4.69) is 5.32 Å². The second-order valence-electron chi connectivity index (χ2n) is 2.57. The van der Waals surface area contributed by atoms with Crippen molar-refractivity contribution < 1.29 is 9.72 Å². The highest BCUT2D eigenvalue weighted by Crippen LogP contribution is 2.32. The minimum atomic E-state index is -0.733. The van der Waals surface area contributed by atoms with Crippen molar-refractivity contribution in [3.63, 3.8) is 0 Å². The van der Waals surface area contributed by atoms with Crippen LogP contribution in [0.15, 0.2) is 0 Å². The van der Waals surface area contributed by atoms with E-state index in [0.717, 1.165) is 0 Å². The van der Waals surface area contributed by atoms with Crippen LogP contribution in [0.25, 0.3) is 0 Å². The van der Waals surface area contributed by atoms with Gasteiger partial charge in [-0.15, -0.1) is 0 Å². The molecule has 0 spiro atoms. The first kappa shape index (κ1) is 8.46. The van der Waals surface area contributed by atoms with Crippen LogP contribution < -0.4 is 5.32 Å². The molecule has 2 unspecified atom stereocenters. The third-order valence-corrected chi connectivity index (χ3v) is 1.71. The summed E-state index contributed by atoms with van der Waals surface area (Å²) < 4.78 is 0. The molecule has 1 fully saturated rings. The monoisotopic (exact) mass is 169 g/mol. The van der Waals surface area contributed by atoms with E-state index < -0.39 is 22.8 Å². The van der Waals surface area contributed by atoms with Crippen molar-refractivity contribution in [3.05, 3.63) is 10.1 Å². The first-order valence-corrected chi connectivity index (χ1v) is 3.45. The zero-order valence-corrected chi connectivity index (χ0v) is 6.19. The summed E-state index contributed by atoms with van der Waals surface area (Å²) in [4.78, 5) is 20.6. The van der Waals surface area contributed by atoms with Gasteiger partial charge in [0.15, 0.2) is 0 Å². The molecule has 1 rings (SSSR count). The largest absolute Gasteiger partial charge is 0.343 e. The average molecular weight is 169 g/mol. The minimum absolute atomic E-state index is 0.0836. The zero-order chi connectivity index (χ0) is 9.14. The molecule has 0 bridgehead atoms. The summed E-state index contributed by atoms with van der Waals surface area (Å²) in [6.45, 7) is -0.0836. The number of nitro groups is 1. The van der Waals surface area contributed by atoms with Crippen LogP contribution >= 0.6 is 0 Å². The fourth-order valence-electron chi connectivity index (χ4n) is 0.954. The van der Waals surface area contributed by atoms with Gasteiger partial charge in [-0.2, -0.15) is 5.26 Å². The molecular weight excluding hydrogens is 162 g/mol. The molecule has 2 atom stereocenters. The molecule has 1 aliphatic rings. The van der Waals surface area contributed by atoms with E-state index in [1.165, 1.54) is 0 Å². The number of carbonyl (C=O) groups is 1. The third kappa shape index (κ3) is 1.69. The lowest BCUT2D eigenvalue weighted by Gasteiger charge is -1.95. The quantitative estimate of drug-likeness (QED) is 0.343. The molecule has 6 heteroatoms. The Morgan fingerprint density at radius 1 is 1.83 bits per heavy atom. The highest BCUT2D eigenvalue weighted by atomic mass is 16.6. The molecule has 1 saturated carbocycles. The van der Waals surface area contributed by atoms with Crippen molar-refractivity contribution in [1.29, 1.82) is 5.26 Å². The molecule has 0 aromatic rings. The summed E-state index contributed by atoms with van der Waals surface area (Å²) in [5.74, 6) is -0.911. The third-order valence-electron chi connectivity index (χ3n) is 1.71. The summed E-state index contributed by atoms with van der Waals surface area (Å²) in [5.41, 5.74) is 0. The molecule has 1 amide bonds. The molecule has 0 aromatic heterocycles. The molecular formula is C6H7N3O3. The average Bonchev–Trinajstić information content (AvgIpc) is 2.78. The van der Waals surface area contributed by atoms with Crippen LogP contribution in [-0.4, -0.2) is 23.4 Å². The number of nitrogens with zero attached hydrogens (tertiary/aromatic N) is 2. The van der Waals surface area contributed by atoms with Gasteiger partial charge in [0.1, 0.15) is 12.5 Å². The molecule has 0 saturated heterocycles. The molecule has 12 heavy (non-hydrogen) atoms. The minimum Gasteiger partial charge on any atom is -0.343 e. The summed E-state index contributed by atoms with van der Waals surface area (Å²) in [6, 6.07) is 0.991. The summed E-state index contributed by atoms with van der Waals surface area (Å²) in [6.07, 6.45) is 0.296. The lowest BCUT2D eigenvalue weighted by molar-refractivity contribution is -0.497. The number of hydrogen-bond donors (Lipinski definition) is 1. The first-order chi connectivity index (χ1) is 5.66. The number of carbonyl (C=O) groups excluding carboxylic acids is 1. The highest BCUT2D eigenvalue weighted by molar-refractivity contribution is 5.82.